The van der Waals surface area contributed by atoms with Gasteiger partial charge in [0.2, 0.25) is 5.91 Å². The highest BCUT2D eigenvalue weighted by atomic mass is 19.4. The van der Waals surface area contributed by atoms with Gasteiger partial charge >= 0.3 is 6.18 Å². The highest BCUT2D eigenvalue weighted by Crippen LogP contribution is 2.68. The molecule has 0 spiro atoms. The summed E-state index contributed by atoms with van der Waals surface area (Å²) in [5.41, 5.74) is -1.35. The third-order valence-electron chi connectivity index (χ3n) is 4.89. The molecule has 1 saturated carbocycles. The largest absolute Gasteiger partial charge is 0.416 e. The van der Waals surface area contributed by atoms with E-state index in [1.165, 1.54) is 0 Å². The fraction of sp³-hybridized carbons (Fsp3) is 0.571. The number of rotatable bonds is 2. The van der Waals surface area contributed by atoms with Gasteiger partial charge in [0.1, 0.15) is 5.82 Å². The fourth-order valence-corrected chi connectivity index (χ4v) is 3.79. The Bertz CT molecular complexity index is 618. The number of hydrogen-bond acceptors (Lipinski definition) is 3. The molecule has 2 aliphatic heterocycles. The Kier molecular flexibility index (Phi) is 2.47. The van der Waals surface area contributed by atoms with Crippen LogP contribution in [0, 0.1) is 11.3 Å². The summed E-state index contributed by atoms with van der Waals surface area (Å²) >= 11 is 0. The summed E-state index contributed by atoms with van der Waals surface area (Å²) in [4.78, 5) is 16.2. The molecular formula is C14H13F3N2O2. The zero-order valence-electron chi connectivity index (χ0n) is 11.0. The Morgan fingerprint density at radius 2 is 2.24 bits per heavy atom. The van der Waals surface area contributed by atoms with Gasteiger partial charge in [-0.25, -0.2) is 4.98 Å². The summed E-state index contributed by atoms with van der Waals surface area (Å²) in [5, 5.41) is 2.53. The predicted octanol–water partition coefficient (Wildman–Crippen LogP) is 2.61. The summed E-state index contributed by atoms with van der Waals surface area (Å²) in [7, 11) is 0. The van der Waals surface area contributed by atoms with Gasteiger partial charge in [-0.05, 0) is 31.4 Å². The Morgan fingerprint density at radius 3 is 2.90 bits per heavy atom. The van der Waals surface area contributed by atoms with Gasteiger partial charge in [-0.2, -0.15) is 13.2 Å². The molecular weight excluding hydrogens is 285 g/mol. The van der Waals surface area contributed by atoms with Crippen LogP contribution in [0.25, 0.3) is 0 Å². The van der Waals surface area contributed by atoms with Crippen molar-refractivity contribution in [3.63, 3.8) is 0 Å². The summed E-state index contributed by atoms with van der Waals surface area (Å²) < 4.78 is 43.7. The van der Waals surface area contributed by atoms with Crippen LogP contribution in [0.2, 0.25) is 0 Å². The average molecular weight is 298 g/mol. The molecule has 1 N–H and O–H groups in total. The van der Waals surface area contributed by atoms with Gasteiger partial charge in [-0.3, -0.25) is 4.79 Å². The van der Waals surface area contributed by atoms with Crippen molar-refractivity contribution < 1.29 is 22.7 Å². The Morgan fingerprint density at radius 1 is 1.43 bits per heavy atom. The SMILES string of the molecule is O=C(Nc1cc(C(F)(F)F)ccn1)C12CC1C1CCC2O1. The fourth-order valence-electron chi connectivity index (χ4n) is 3.79. The number of alkyl halides is 3. The highest BCUT2D eigenvalue weighted by Gasteiger charge is 2.74. The minimum Gasteiger partial charge on any atom is -0.374 e. The number of carbonyl (C=O) groups excluding carboxylic acids is 1. The number of ether oxygens (including phenoxy) is 1. The summed E-state index contributed by atoms with van der Waals surface area (Å²) in [6.45, 7) is 0. The molecule has 4 rings (SSSR count). The molecule has 1 aliphatic carbocycles. The molecule has 1 aromatic rings. The van der Waals surface area contributed by atoms with Gasteiger partial charge in [-0.1, -0.05) is 0 Å². The van der Waals surface area contributed by atoms with Crippen molar-refractivity contribution in [1.82, 2.24) is 4.98 Å². The first-order valence-electron chi connectivity index (χ1n) is 6.91. The van der Waals surface area contributed by atoms with E-state index in [1.54, 1.807) is 0 Å². The Balaban J connectivity index is 1.54. The molecule has 7 heteroatoms. The minimum atomic E-state index is -4.45. The monoisotopic (exact) mass is 298 g/mol. The van der Waals surface area contributed by atoms with E-state index in [2.05, 4.69) is 10.3 Å². The van der Waals surface area contributed by atoms with E-state index in [1.807, 2.05) is 0 Å². The molecule has 1 amide bonds. The lowest BCUT2D eigenvalue weighted by Gasteiger charge is -2.19. The molecule has 2 bridgehead atoms. The maximum atomic E-state index is 12.7. The van der Waals surface area contributed by atoms with Crippen LogP contribution in [0.15, 0.2) is 18.3 Å². The molecule has 3 aliphatic rings. The number of fused-ring (bicyclic) bond motifs is 5. The van der Waals surface area contributed by atoms with Crippen LogP contribution in [-0.2, 0) is 15.7 Å². The second-order valence-electron chi connectivity index (χ2n) is 5.97. The molecule has 112 valence electrons. The quantitative estimate of drug-likeness (QED) is 0.913. The maximum Gasteiger partial charge on any atom is 0.416 e. The second-order valence-corrected chi connectivity index (χ2v) is 5.97. The summed E-state index contributed by atoms with van der Waals surface area (Å²) in [6.07, 6.45) is -0.728. The molecule has 2 saturated heterocycles. The van der Waals surface area contributed by atoms with Gasteiger partial charge in [0.15, 0.2) is 0 Å². The van der Waals surface area contributed by atoms with Gasteiger partial charge in [-0.15, -0.1) is 0 Å². The Labute approximate surface area is 118 Å². The number of hydrogen-bond donors (Lipinski definition) is 1. The first-order valence-corrected chi connectivity index (χ1v) is 6.91. The zero-order valence-corrected chi connectivity index (χ0v) is 11.0. The van der Waals surface area contributed by atoms with Crippen LogP contribution in [0.5, 0.6) is 0 Å². The number of pyridine rings is 1. The van der Waals surface area contributed by atoms with Crippen molar-refractivity contribution in [3.8, 4) is 0 Å². The van der Waals surface area contributed by atoms with E-state index in [-0.39, 0.29) is 29.9 Å². The topological polar surface area (TPSA) is 51.2 Å². The third-order valence-corrected chi connectivity index (χ3v) is 4.89. The van der Waals surface area contributed by atoms with Crippen LogP contribution >= 0.6 is 0 Å². The zero-order chi connectivity index (χ0) is 14.8. The summed E-state index contributed by atoms with van der Waals surface area (Å²) in [5.74, 6) is -0.0915. The first-order chi connectivity index (χ1) is 9.91. The molecule has 0 radical (unpaired) electrons. The number of nitrogens with zero attached hydrogens (tertiary/aromatic N) is 1. The van der Waals surface area contributed by atoms with Crippen molar-refractivity contribution in [2.24, 2.45) is 11.3 Å². The van der Waals surface area contributed by atoms with Gasteiger partial charge in [0.25, 0.3) is 0 Å². The van der Waals surface area contributed by atoms with Crippen molar-refractivity contribution in [2.45, 2.75) is 37.6 Å². The standard InChI is InChI=1S/C14H13F3N2O2/c15-14(16,17)7-3-4-18-11(5-7)19-12(20)13-6-8(13)9-1-2-10(13)21-9/h3-5,8-10H,1-2,6H2,(H,18,19,20). The van der Waals surface area contributed by atoms with E-state index >= 15 is 0 Å². The van der Waals surface area contributed by atoms with Crippen LogP contribution in [0.3, 0.4) is 0 Å². The van der Waals surface area contributed by atoms with Gasteiger partial charge in [0.05, 0.1) is 23.2 Å². The summed E-state index contributed by atoms with van der Waals surface area (Å²) in [6, 6.07) is 1.74. The third kappa shape index (κ3) is 1.79. The molecule has 0 aromatic carbocycles. The van der Waals surface area contributed by atoms with Crippen LogP contribution in [-0.4, -0.2) is 23.1 Å². The van der Waals surface area contributed by atoms with Crippen molar-refractivity contribution in [1.29, 1.82) is 0 Å². The number of carbonyl (C=O) groups is 1. The van der Waals surface area contributed by atoms with Crippen LogP contribution in [0.1, 0.15) is 24.8 Å². The smallest absolute Gasteiger partial charge is 0.374 e. The van der Waals surface area contributed by atoms with Crippen LogP contribution in [0.4, 0.5) is 19.0 Å². The van der Waals surface area contributed by atoms with Crippen molar-refractivity contribution in [3.05, 3.63) is 23.9 Å². The Hall–Kier alpha value is -1.63. The number of nitrogens with one attached hydrogen (secondary N) is 1. The van der Waals surface area contributed by atoms with Crippen LogP contribution < -0.4 is 5.32 Å². The lowest BCUT2D eigenvalue weighted by atomic mass is 9.87. The highest BCUT2D eigenvalue weighted by molar-refractivity contribution is 5.98. The number of amides is 1. The average Bonchev–Trinajstić information content (AvgIpc) is 2.93. The number of aromatic nitrogens is 1. The molecule has 1 aromatic heterocycles. The molecule has 4 unspecified atom stereocenters. The van der Waals surface area contributed by atoms with E-state index in [4.69, 9.17) is 4.74 Å². The molecule has 21 heavy (non-hydrogen) atoms. The lowest BCUT2D eigenvalue weighted by Crippen LogP contribution is -2.34. The number of anilines is 1. The van der Waals surface area contributed by atoms with Crippen molar-refractivity contribution >= 4 is 11.7 Å². The van der Waals surface area contributed by atoms with E-state index in [0.29, 0.717) is 0 Å². The predicted molar refractivity (Wildman–Crippen MR) is 66.3 cm³/mol. The second kappa shape index (κ2) is 3.97. The van der Waals surface area contributed by atoms with E-state index in [0.717, 1.165) is 37.6 Å². The molecule has 3 heterocycles. The molecule has 4 nitrogen and oxygen atoms in total. The van der Waals surface area contributed by atoms with E-state index in [9.17, 15) is 18.0 Å². The van der Waals surface area contributed by atoms with E-state index < -0.39 is 17.2 Å². The van der Waals surface area contributed by atoms with Crippen molar-refractivity contribution in [2.75, 3.05) is 5.32 Å². The lowest BCUT2D eigenvalue weighted by molar-refractivity contribution is -0.137. The molecule has 3 fully saturated rings. The normalized spacial score (nSPS) is 36.4. The van der Waals surface area contributed by atoms with Gasteiger partial charge in [0, 0.05) is 12.1 Å². The minimum absolute atomic E-state index is 0.0578. The maximum absolute atomic E-state index is 12.7. The first kappa shape index (κ1) is 13.1. The van der Waals surface area contributed by atoms with Gasteiger partial charge < -0.3 is 10.1 Å². The number of halogens is 3. The molecule has 4 atom stereocenters.